The van der Waals surface area contributed by atoms with Crippen LogP contribution >= 0.6 is 0 Å². The van der Waals surface area contributed by atoms with Crippen LogP contribution in [-0.2, 0) is 4.79 Å². The van der Waals surface area contributed by atoms with Gasteiger partial charge in [-0.2, -0.15) is 0 Å². The highest BCUT2D eigenvalue weighted by Crippen LogP contribution is 2.38. The molecule has 0 aromatic heterocycles. The van der Waals surface area contributed by atoms with E-state index < -0.39 is 0 Å². The van der Waals surface area contributed by atoms with Gasteiger partial charge < -0.3 is 15.0 Å². The fourth-order valence-corrected chi connectivity index (χ4v) is 2.46. The Kier molecular flexibility index (Phi) is 3.65. The van der Waals surface area contributed by atoms with Crippen molar-refractivity contribution in [3.63, 3.8) is 0 Å². The summed E-state index contributed by atoms with van der Waals surface area (Å²) in [6, 6.07) is 7.95. The van der Waals surface area contributed by atoms with Gasteiger partial charge in [0.05, 0.1) is 16.9 Å². The maximum atomic E-state index is 11.4. The first-order chi connectivity index (χ1) is 8.96. The van der Waals surface area contributed by atoms with E-state index in [2.05, 4.69) is 50.1 Å². The van der Waals surface area contributed by atoms with Gasteiger partial charge in [0.2, 0.25) is 0 Å². The van der Waals surface area contributed by atoms with E-state index in [9.17, 15) is 4.79 Å². The number of nitrogens with one attached hydrogen (secondary N) is 1. The minimum absolute atomic E-state index is 0.201. The monoisotopic (exact) mass is 258 g/mol. The largest absolute Gasteiger partial charge is 0.372 e. The molecule has 1 N–H and O–H groups in total. The second-order valence-corrected chi connectivity index (χ2v) is 5.82. The lowest BCUT2D eigenvalue weighted by molar-refractivity contribution is -0.109. The van der Waals surface area contributed by atoms with Gasteiger partial charge in [-0.15, -0.1) is 0 Å². The van der Waals surface area contributed by atoms with Gasteiger partial charge >= 0.3 is 0 Å². The number of rotatable bonds is 3. The lowest BCUT2D eigenvalue weighted by Crippen LogP contribution is -2.59. The van der Waals surface area contributed by atoms with E-state index in [0.717, 1.165) is 24.2 Å². The van der Waals surface area contributed by atoms with E-state index in [4.69, 9.17) is 0 Å². The molecule has 1 aromatic rings. The molecule has 2 rings (SSSR count). The normalized spacial score (nSPS) is 20.2. The average molecular weight is 258 g/mol. The van der Waals surface area contributed by atoms with Crippen LogP contribution in [-0.4, -0.2) is 24.4 Å². The summed E-state index contributed by atoms with van der Waals surface area (Å²) < 4.78 is 0. The summed E-state index contributed by atoms with van der Waals surface area (Å²) in [4.78, 5) is 13.7. The number of benzene rings is 1. The molecule has 0 bridgehead atoms. The summed E-state index contributed by atoms with van der Waals surface area (Å²) in [6.07, 6.45) is 3.21. The van der Waals surface area contributed by atoms with Gasteiger partial charge in [-0.25, -0.2) is 0 Å². The van der Waals surface area contributed by atoms with E-state index >= 15 is 0 Å². The Morgan fingerprint density at radius 3 is 2.68 bits per heavy atom. The van der Waals surface area contributed by atoms with Gasteiger partial charge in [0, 0.05) is 6.54 Å². The third-order valence-electron chi connectivity index (χ3n) is 3.78. The van der Waals surface area contributed by atoms with E-state index in [-0.39, 0.29) is 11.6 Å². The quantitative estimate of drug-likeness (QED) is 0.667. The molecule has 3 nitrogen and oxygen atoms in total. The molecule has 0 amide bonds. The van der Waals surface area contributed by atoms with E-state index in [1.165, 1.54) is 5.57 Å². The highest BCUT2D eigenvalue weighted by Gasteiger charge is 2.39. The van der Waals surface area contributed by atoms with Gasteiger partial charge in [-0.05, 0) is 39.8 Å². The zero-order valence-corrected chi connectivity index (χ0v) is 12.1. The molecule has 1 aromatic carbocycles. The van der Waals surface area contributed by atoms with Gasteiger partial charge in [-0.3, -0.25) is 0 Å². The van der Waals surface area contributed by atoms with Crippen molar-refractivity contribution in [3.8, 4) is 0 Å². The summed E-state index contributed by atoms with van der Waals surface area (Å²) in [6.45, 7) is 9.22. The van der Waals surface area contributed by atoms with Crippen molar-refractivity contribution in [1.82, 2.24) is 0 Å². The van der Waals surface area contributed by atoms with Crippen molar-refractivity contribution < 1.29 is 4.79 Å². The van der Waals surface area contributed by atoms with Gasteiger partial charge in [0.1, 0.15) is 12.3 Å². The van der Waals surface area contributed by atoms with Crippen LogP contribution in [0.3, 0.4) is 0 Å². The number of para-hydroxylation sites is 2. The van der Waals surface area contributed by atoms with Crippen molar-refractivity contribution in [2.75, 3.05) is 16.8 Å². The van der Waals surface area contributed by atoms with Crippen molar-refractivity contribution in [2.24, 2.45) is 0 Å². The number of carbonyl (C=O) groups is 1. The first kappa shape index (κ1) is 13.7. The number of fused-ring (bicyclic) bond motifs is 1. The Hall–Kier alpha value is -1.77. The second-order valence-electron chi connectivity index (χ2n) is 5.82. The topological polar surface area (TPSA) is 32.3 Å². The molecule has 0 aliphatic carbocycles. The zero-order chi connectivity index (χ0) is 14.0. The molecule has 1 atom stereocenters. The van der Waals surface area contributed by atoms with Crippen LogP contribution in [0.5, 0.6) is 0 Å². The number of hydrogen-bond donors (Lipinski definition) is 1. The lowest BCUT2D eigenvalue weighted by atomic mass is 9.89. The van der Waals surface area contributed by atoms with Crippen LogP contribution in [0.4, 0.5) is 11.4 Å². The molecule has 1 aliphatic heterocycles. The average Bonchev–Trinajstić information content (AvgIpc) is 2.36. The molecular formula is C16H22N2O. The third-order valence-corrected chi connectivity index (χ3v) is 3.78. The highest BCUT2D eigenvalue weighted by atomic mass is 16.1. The number of anilines is 2. The van der Waals surface area contributed by atoms with Crippen LogP contribution in [0.25, 0.3) is 0 Å². The maximum absolute atomic E-state index is 11.4. The zero-order valence-electron chi connectivity index (χ0n) is 12.1. The van der Waals surface area contributed by atoms with E-state index in [1.807, 2.05) is 18.2 Å². The number of carbonyl (C=O) groups excluding carboxylic acids is 1. The van der Waals surface area contributed by atoms with Crippen molar-refractivity contribution in [1.29, 1.82) is 0 Å². The van der Waals surface area contributed by atoms with Crippen molar-refractivity contribution >= 4 is 17.7 Å². The molecule has 1 aliphatic rings. The predicted octanol–water partition coefficient (Wildman–Crippen LogP) is 3.23. The number of aldehydes is 1. The first-order valence-electron chi connectivity index (χ1n) is 6.68. The Bertz CT molecular complexity index is 501. The molecule has 0 spiro atoms. The van der Waals surface area contributed by atoms with Crippen LogP contribution in [0, 0.1) is 0 Å². The van der Waals surface area contributed by atoms with Gasteiger partial charge in [-0.1, -0.05) is 23.8 Å². The highest BCUT2D eigenvalue weighted by molar-refractivity contribution is 5.81. The first-order valence-corrected chi connectivity index (χ1v) is 6.68. The van der Waals surface area contributed by atoms with E-state index in [1.54, 1.807) is 0 Å². The smallest absolute Gasteiger partial charge is 0.144 e. The molecule has 3 heteroatoms. The minimum Gasteiger partial charge on any atom is -0.372 e. The molecular weight excluding hydrogens is 236 g/mol. The number of hydrogen-bond acceptors (Lipinski definition) is 3. The molecule has 1 heterocycles. The lowest BCUT2D eigenvalue weighted by Gasteiger charge is -2.48. The summed E-state index contributed by atoms with van der Waals surface area (Å²) in [5, 5.41) is 3.32. The molecule has 102 valence electrons. The van der Waals surface area contributed by atoms with Gasteiger partial charge in [0.15, 0.2) is 0 Å². The Morgan fingerprint density at radius 1 is 1.37 bits per heavy atom. The fourth-order valence-electron chi connectivity index (χ4n) is 2.46. The molecule has 0 fully saturated rings. The minimum atomic E-state index is -0.248. The molecule has 0 saturated heterocycles. The maximum Gasteiger partial charge on any atom is 0.144 e. The summed E-state index contributed by atoms with van der Waals surface area (Å²) in [5.74, 6) is 0. The third kappa shape index (κ3) is 2.50. The Labute approximate surface area is 115 Å². The SMILES string of the molecule is CC(C)=CCN1c2ccccc2NC(C=O)C1(C)C. The summed E-state index contributed by atoms with van der Waals surface area (Å²) in [5.41, 5.74) is 3.22. The van der Waals surface area contributed by atoms with Crippen LogP contribution in [0.15, 0.2) is 35.9 Å². The van der Waals surface area contributed by atoms with Crippen molar-refractivity contribution in [2.45, 2.75) is 39.3 Å². The molecule has 0 saturated carbocycles. The van der Waals surface area contributed by atoms with E-state index in [0.29, 0.717) is 0 Å². The fraction of sp³-hybridized carbons (Fsp3) is 0.438. The number of allylic oxidation sites excluding steroid dienone is 1. The summed E-state index contributed by atoms with van der Waals surface area (Å²) >= 11 is 0. The Morgan fingerprint density at radius 2 is 2.05 bits per heavy atom. The Balaban J connectivity index is 2.45. The summed E-state index contributed by atoms with van der Waals surface area (Å²) in [7, 11) is 0. The van der Waals surface area contributed by atoms with Gasteiger partial charge in [0.25, 0.3) is 0 Å². The predicted molar refractivity (Wildman–Crippen MR) is 80.8 cm³/mol. The van der Waals surface area contributed by atoms with Crippen LogP contribution in [0.1, 0.15) is 27.7 Å². The van der Waals surface area contributed by atoms with Crippen molar-refractivity contribution in [3.05, 3.63) is 35.9 Å². The second kappa shape index (κ2) is 5.08. The molecule has 19 heavy (non-hydrogen) atoms. The molecule has 1 unspecified atom stereocenters. The van der Waals surface area contributed by atoms with Crippen LogP contribution < -0.4 is 10.2 Å². The number of nitrogens with zero attached hydrogens (tertiary/aromatic N) is 1. The standard InChI is InChI=1S/C16H22N2O/c1-12(2)9-10-18-14-8-6-5-7-13(14)17-15(11-19)16(18,3)4/h5-9,11,15,17H,10H2,1-4H3. The molecule has 0 radical (unpaired) electrons. The van der Waals surface area contributed by atoms with Crippen LogP contribution in [0.2, 0.25) is 0 Å².